The largest absolute Gasteiger partial charge is 0.479 e. The molecule has 3 aliphatic rings. The van der Waals surface area contributed by atoms with Gasteiger partial charge in [-0.15, -0.1) is 0 Å². The normalized spacial score (nSPS) is 52.4. The average Bonchev–Trinajstić information content (AvgIpc) is 2.79. The topological polar surface area (TPSA) is 266 Å². The Labute approximate surface area is 192 Å². The van der Waals surface area contributed by atoms with Crippen molar-refractivity contribution in [3.05, 3.63) is 0 Å². The van der Waals surface area contributed by atoms with Crippen LogP contribution in [0.3, 0.4) is 0 Å². The summed E-state index contributed by atoms with van der Waals surface area (Å²) in [7, 11) is 0. The second-order valence-corrected chi connectivity index (χ2v) is 8.36. The van der Waals surface area contributed by atoms with Crippen LogP contribution in [0.1, 0.15) is 6.92 Å². The van der Waals surface area contributed by atoms with E-state index >= 15 is 0 Å². The van der Waals surface area contributed by atoms with E-state index < -0.39 is 105 Å². The first-order valence-electron chi connectivity index (χ1n) is 10.4. The lowest BCUT2D eigenvalue weighted by Gasteiger charge is -2.47. The molecule has 1 unspecified atom stereocenters. The van der Waals surface area contributed by atoms with E-state index in [1.165, 1.54) is 6.92 Å². The summed E-state index contributed by atoms with van der Waals surface area (Å²) in [6, 6.07) is 0. The van der Waals surface area contributed by atoms with E-state index in [4.69, 9.17) is 23.7 Å². The van der Waals surface area contributed by atoms with Crippen molar-refractivity contribution in [2.75, 3.05) is 6.61 Å². The Morgan fingerprint density at radius 1 is 0.706 bits per heavy atom. The van der Waals surface area contributed by atoms with Gasteiger partial charge in [0.15, 0.2) is 25.0 Å². The number of carboxylic acid groups (broad SMARTS) is 1. The van der Waals surface area contributed by atoms with Crippen LogP contribution in [0.4, 0.5) is 0 Å². The van der Waals surface area contributed by atoms with Gasteiger partial charge in [0.2, 0.25) is 0 Å². The lowest BCUT2D eigenvalue weighted by Crippen LogP contribution is -2.66. The molecule has 16 nitrogen and oxygen atoms in total. The van der Waals surface area contributed by atoms with Crippen LogP contribution >= 0.6 is 0 Å². The highest BCUT2D eigenvalue weighted by Gasteiger charge is 2.54. The number of ether oxygens (including phenoxy) is 5. The molecule has 0 aliphatic carbocycles. The van der Waals surface area contributed by atoms with E-state index in [1.807, 2.05) is 0 Å². The van der Waals surface area contributed by atoms with Gasteiger partial charge in [-0.25, -0.2) is 4.79 Å². The molecule has 0 spiro atoms. The third kappa shape index (κ3) is 5.20. The van der Waals surface area contributed by atoms with Gasteiger partial charge in [-0.3, -0.25) is 0 Å². The summed E-state index contributed by atoms with van der Waals surface area (Å²) >= 11 is 0. The maximum absolute atomic E-state index is 11.8. The fraction of sp³-hybridized carbons (Fsp3) is 0.944. The van der Waals surface area contributed by atoms with Crippen LogP contribution in [0.2, 0.25) is 0 Å². The van der Waals surface area contributed by atoms with Gasteiger partial charge in [-0.1, -0.05) is 0 Å². The molecule has 0 aromatic heterocycles. The molecule has 0 radical (unpaired) electrons. The molecule has 34 heavy (non-hydrogen) atoms. The monoisotopic (exact) mass is 502 g/mol. The first-order chi connectivity index (χ1) is 15.9. The predicted molar refractivity (Wildman–Crippen MR) is 100 cm³/mol. The van der Waals surface area contributed by atoms with Crippen molar-refractivity contribution in [2.24, 2.45) is 0 Å². The first-order valence-corrected chi connectivity index (χ1v) is 10.4. The van der Waals surface area contributed by atoms with E-state index in [2.05, 4.69) is 0 Å². The van der Waals surface area contributed by atoms with Crippen LogP contribution in [0, 0.1) is 0 Å². The number of hydrogen-bond donors (Lipinski definition) is 10. The number of aliphatic hydroxyl groups is 9. The van der Waals surface area contributed by atoms with E-state index in [1.54, 1.807) is 0 Å². The third-order valence-electron chi connectivity index (χ3n) is 6.02. The number of aliphatic carboxylic acids is 1. The van der Waals surface area contributed by atoms with E-state index in [0.29, 0.717) is 0 Å². The standard InChI is InChI=1S/C18H30O16/c1-3-5(20)12(11(26)16(29)30-3)32-18-10(25)8(23)13(14(34-18)15(27)28)33-17-9(24)7(22)6(21)4(2-19)31-17/h3-14,16-26,29H,2H2,1H3,(H,27,28)/t3-,4+,5+,6+,7-,8+,9+,10+,11-,12+,13-,14-,16?,17-,18-/m0/s1. The van der Waals surface area contributed by atoms with Crippen LogP contribution in [0.5, 0.6) is 0 Å². The molecule has 0 bridgehead atoms. The van der Waals surface area contributed by atoms with Crippen LogP contribution < -0.4 is 0 Å². The number of rotatable bonds is 6. The fourth-order valence-electron chi connectivity index (χ4n) is 3.96. The summed E-state index contributed by atoms with van der Waals surface area (Å²) in [6.07, 6.45) is -26.5. The van der Waals surface area contributed by atoms with Crippen molar-refractivity contribution in [2.45, 2.75) is 99.0 Å². The zero-order chi connectivity index (χ0) is 25.5. The van der Waals surface area contributed by atoms with Crippen molar-refractivity contribution in [3.63, 3.8) is 0 Å². The predicted octanol–water partition coefficient (Wildman–Crippen LogP) is -6.45. The molecule has 0 saturated carbocycles. The number of carbonyl (C=O) groups is 1. The fourth-order valence-corrected chi connectivity index (χ4v) is 3.96. The van der Waals surface area contributed by atoms with Crippen molar-refractivity contribution in [3.8, 4) is 0 Å². The average molecular weight is 502 g/mol. The summed E-state index contributed by atoms with van der Waals surface area (Å²) in [5.41, 5.74) is 0. The number of carboxylic acids is 1. The molecule has 3 heterocycles. The third-order valence-corrected chi connectivity index (χ3v) is 6.02. The molecule has 0 aromatic rings. The minimum atomic E-state index is -2.07. The van der Waals surface area contributed by atoms with Gasteiger partial charge in [0, 0.05) is 0 Å². The molecular weight excluding hydrogens is 472 g/mol. The minimum Gasteiger partial charge on any atom is -0.479 e. The molecule has 16 heteroatoms. The Morgan fingerprint density at radius 2 is 1.26 bits per heavy atom. The summed E-state index contributed by atoms with van der Waals surface area (Å²) < 4.78 is 25.8. The molecule has 0 amide bonds. The molecule has 3 saturated heterocycles. The number of aliphatic hydroxyl groups excluding tert-OH is 9. The summed E-state index contributed by atoms with van der Waals surface area (Å²) in [4.78, 5) is 11.8. The summed E-state index contributed by atoms with van der Waals surface area (Å²) in [5.74, 6) is -1.71. The zero-order valence-electron chi connectivity index (χ0n) is 17.8. The van der Waals surface area contributed by atoms with Gasteiger partial charge in [-0.05, 0) is 6.92 Å². The van der Waals surface area contributed by atoms with Crippen molar-refractivity contribution in [1.82, 2.24) is 0 Å². The van der Waals surface area contributed by atoms with Crippen LogP contribution in [-0.2, 0) is 28.5 Å². The van der Waals surface area contributed by atoms with Gasteiger partial charge in [-0.2, -0.15) is 0 Å². The minimum absolute atomic E-state index is 0.796. The van der Waals surface area contributed by atoms with Gasteiger partial charge in [0.25, 0.3) is 0 Å². The highest BCUT2D eigenvalue weighted by Crippen LogP contribution is 2.32. The molecule has 0 aromatic carbocycles. The van der Waals surface area contributed by atoms with E-state index in [-0.39, 0.29) is 0 Å². The molecule has 198 valence electrons. The van der Waals surface area contributed by atoms with E-state index in [9.17, 15) is 55.9 Å². The summed E-state index contributed by atoms with van der Waals surface area (Å²) in [6.45, 7) is 0.559. The highest BCUT2D eigenvalue weighted by atomic mass is 16.8. The maximum Gasteiger partial charge on any atom is 0.335 e. The van der Waals surface area contributed by atoms with Gasteiger partial charge in [0.1, 0.15) is 61.0 Å². The van der Waals surface area contributed by atoms with Crippen LogP contribution in [-0.4, -0.2) is 156 Å². The smallest absolute Gasteiger partial charge is 0.335 e. The molecule has 3 fully saturated rings. The molecule has 3 aliphatic heterocycles. The van der Waals surface area contributed by atoms with Crippen molar-refractivity contribution in [1.29, 1.82) is 0 Å². The first kappa shape index (κ1) is 27.5. The Kier molecular flexibility index (Phi) is 8.81. The summed E-state index contributed by atoms with van der Waals surface area (Å²) in [5, 5.41) is 99.7. The van der Waals surface area contributed by atoms with Gasteiger partial charge < -0.3 is 74.7 Å². The van der Waals surface area contributed by atoms with Crippen molar-refractivity contribution >= 4 is 5.97 Å². The van der Waals surface area contributed by atoms with Crippen LogP contribution in [0.15, 0.2) is 0 Å². The Balaban J connectivity index is 1.76. The Hall–Kier alpha value is -1.09. The lowest BCUT2D eigenvalue weighted by molar-refractivity contribution is -0.372. The molecule has 3 rings (SSSR count). The van der Waals surface area contributed by atoms with Crippen LogP contribution in [0.25, 0.3) is 0 Å². The van der Waals surface area contributed by atoms with Crippen molar-refractivity contribution < 1.29 is 79.5 Å². The molecular formula is C18H30O16. The molecule has 10 N–H and O–H groups in total. The van der Waals surface area contributed by atoms with E-state index in [0.717, 1.165) is 0 Å². The lowest BCUT2D eigenvalue weighted by atomic mass is 9.96. The Bertz CT molecular complexity index is 679. The highest BCUT2D eigenvalue weighted by molar-refractivity contribution is 5.73. The quantitative estimate of drug-likeness (QED) is 0.162. The second kappa shape index (κ2) is 10.9. The second-order valence-electron chi connectivity index (χ2n) is 8.36. The maximum atomic E-state index is 11.8. The zero-order valence-corrected chi connectivity index (χ0v) is 17.8. The number of hydrogen-bond acceptors (Lipinski definition) is 15. The molecule has 15 atom stereocenters. The van der Waals surface area contributed by atoms with Gasteiger partial charge >= 0.3 is 5.97 Å². The Morgan fingerprint density at radius 3 is 1.85 bits per heavy atom. The van der Waals surface area contributed by atoms with Gasteiger partial charge in [0.05, 0.1) is 12.7 Å². The SMILES string of the molecule is C[C@@H]1OC(O)[C@@H](O)[C@H](O[C@H]2O[C@H](C(=O)O)[C@@H](O[C@@H]3O[C@H](CO)[C@@H](O)[C@H](O)[C@H]3O)[C@H](O)[C@H]2O)[C@@H]1O.